The van der Waals surface area contributed by atoms with E-state index in [1.165, 1.54) is 17.5 Å². The number of nitrogens with zero attached hydrogens (tertiary/aromatic N) is 1. The van der Waals surface area contributed by atoms with Crippen LogP contribution in [0.1, 0.15) is 63.5 Å². The van der Waals surface area contributed by atoms with Gasteiger partial charge in [0.05, 0.1) is 0 Å². The van der Waals surface area contributed by atoms with Gasteiger partial charge in [0.1, 0.15) is 0 Å². The lowest BCUT2D eigenvalue weighted by atomic mass is 9.93. The maximum Gasteiger partial charge on any atom is 0.223 e. The lowest BCUT2D eigenvalue weighted by Crippen LogP contribution is -2.51. The summed E-state index contributed by atoms with van der Waals surface area (Å²) in [6.07, 6.45) is 4.97. The molecule has 1 amide bonds. The fourth-order valence-corrected chi connectivity index (χ4v) is 3.39. The number of rotatable bonds is 5. The molecule has 3 unspecified atom stereocenters. The van der Waals surface area contributed by atoms with Gasteiger partial charge in [0.15, 0.2) is 0 Å². The number of hydrogen-bond donors (Lipinski definition) is 1. The number of piperidine rings is 1. The van der Waals surface area contributed by atoms with Crippen LogP contribution in [-0.2, 0) is 11.2 Å². The van der Waals surface area contributed by atoms with Crippen molar-refractivity contribution in [2.24, 2.45) is 5.73 Å². The molecule has 3 heteroatoms. The van der Waals surface area contributed by atoms with Gasteiger partial charge in [-0.3, -0.25) is 4.79 Å². The molecule has 0 spiro atoms. The van der Waals surface area contributed by atoms with Crippen molar-refractivity contribution in [2.75, 3.05) is 6.54 Å². The minimum absolute atomic E-state index is 0.0587. The number of benzene rings is 1. The Balaban J connectivity index is 1.99. The first kappa shape index (κ1) is 17.0. The quantitative estimate of drug-likeness (QED) is 0.905. The summed E-state index contributed by atoms with van der Waals surface area (Å²) in [6, 6.07) is 8.94. The number of likely N-dealkylation sites (tertiary alicyclic amines) is 1. The van der Waals surface area contributed by atoms with Crippen molar-refractivity contribution in [3.05, 3.63) is 35.4 Å². The van der Waals surface area contributed by atoms with E-state index in [1.807, 2.05) is 11.8 Å². The van der Waals surface area contributed by atoms with Gasteiger partial charge in [-0.2, -0.15) is 0 Å². The number of carbonyl (C=O) groups excluding carboxylic acids is 1. The first-order chi connectivity index (χ1) is 10.5. The Bertz CT molecular complexity index is 481. The van der Waals surface area contributed by atoms with E-state index in [1.54, 1.807) is 0 Å². The van der Waals surface area contributed by atoms with E-state index in [0.717, 1.165) is 25.8 Å². The Morgan fingerprint density at radius 2 is 1.95 bits per heavy atom. The summed E-state index contributed by atoms with van der Waals surface area (Å²) < 4.78 is 0. The molecule has 122 valence electrons. The predicted octanol–water partition coefficient (Wildman–Crippen LogP) is 3.47. The molecular formula is C19H30N2O. The standard InChI is InChI=1S/C19H30N2O/c1-4-16-8-10-17(11-9-16)14(2)13-19(22)21-12-6-5-7-18(21)15(3)20/h8-11,14-15,18H,4-7,12-13,20H2,1-3H3. The summed E-state index contributed by atoms with van der Waals surface area (Å²) in [5.74, 6) is 0.517. The molecule has 1 heterocycles. The highest BCUT2D eigenvalue weighted by Crippen LogP contribution is 2.25. The molecule has 3 atom stereocenters. The molecule has 0 bridgehead atoms. The summed E-state index contributed by atoms with van der Waals surface area (Å²) in [6.45, 7) is 7.19. The fraction of sp³-hybridized carbons (Fsp3) is 0.632. The van der Waals surface area contributed by atoms with Gasteiger partial charge in [0.25, 0.3) is 0 Å². The van der Waals surface area contributed by atoms with Gasteiger partial charge in [0, 0.05) is 25.0 Å². The number of carbonyl (C=O) groups is 1. The lowest BCUT2D eigenvalue weighted by molar-refractivity contribution is -0.135. The van der Waals surface area contributed by atoms with Crippen LogP contribution >= 0.6 is 0 Å². The zero-order valence-corrected chi connectivity index (χ0v) is 14.2. The summed E-state index contributed by atoms with van der Waals surface area (Å²) in [5, 5.41) is 0. The molecule has 0 radical (unpaired) electrons. The third kappa shape index (κ3) is 4.10. The van der Waals surface area contributed by atoms with Gasteiger partial charge in [0.2, 0.25) is 5.91 Å². The third-order valence-electron chi connectivity index (χ3n) is 4.91. The third-order valence-corrected chi connectivity index (χ3v) is 4.91. The van der Waals surface area contributed by atoms with Crippen LogP contribution in [0, 0.1) is 0 Å². The largest absolute Gasteiger partial charge is 0.338 e. The van der Waals surface area contributed by atoms with Crippen LogP contribution in [0.2, 0.25) is 0 Å². The predicted molar refractivity (Wildman–Crippen MR) is 91.9 cm³/mol. The molecule has 1 aliphatic heterocycles. The topological polar surface area (TPSA) is 46.3 Å². The SMILES string of the molecule is CCc1ccc(C(C)CC(=O)N2CCCCC2C(C)N)cc1. The summed E-state index contributed by atoms with van der Waals surface area (Å²) >= 11 is 0. The van der Waals surface area contributed by atoms with Crippen LogP contribution in [0.15, 0.2) is 24.3 Å². The van der Waals surface area contributed by atoms with Gasteiger partial charge < -0.3 is 10.6 Å². The zero-order chi connectivity index (χ0) is 16.1. The molecule has 1 saturated heterocycles. The van der Waals surface area contributed by atoms with E-state index < -0.39 is 0 Å². The van der Waals surface area contributed by atoms with E-state index in [9.17, 15) is 4.79 Å². The highest BCUT2D eigenvalue weighted by atomic mass is 16.2. The average Bonchev–Trinajstić information content (AvgIpc) is 2.54. The maximum atomic E-state index is 12.7. The Morgan fingerprint density at radius 1 is 1.27 bits per heavy atom. The molecule has 1 aromatic rings. The Morgan fingerprint density at radius 3 is 2.55 bits per heavy atom. The zero-order valence-electron chi connectivity index (χ0n) is 14.2. The summed E-state index contributed by atoms with van der Waals surface area (Å²) in [4.78, 5) is 14.7. The lowest BCUT2D eigenvalue weighted by Gasteiger charge is -2.38. The molecule has 1 aliphatic rings. The van der Waals surface area contributed by atoms with Gasteiger partial charge in [-0.25, -0.2) is 0 Å². The van der Waals surface area contributed by atoms with Crippen molar-refractivity contribution in [1.29, 1.82) is 0 Å². The minimum atomic E-state index is 0.0587. The molecule has 3 nitrogen and oxygen atoms in total. The van der Waals surface area contributed by atoms with E-state index >= 15 is 0 Å². The number of amides is 1. The smallest absolute Gasteiger partial charge is 0.223 e. The number of aryl methyl sites for hydroxylation is 1. The molecule has 0 saturated carbocycles. The molecular weight excluding hydrogens is 272 g/mol. The minimum Gasteiger partial charge on any atom is -0.338 e. The van der Waals surface area contributed by atoms with E-state index in [2.05, 4.69) is 38.1 Å². The van der Waals surface area contributed by atoms with Crippen LogP contribution in [-0.4, -0.2) is 29.4 Å². The van der Waals surface area contributed by atoms with E-state index in [4.69, 9.17) is 5.73 Å². The second kappa shape index (κ2) is 7.77. The molecule has 2 rings (SSSR count). The van der Waals surface area contributed by atoms with Crippen LogP contribution in [0.4, 0.5) is 0 Å². The molecule has 1 aromatic carbocycles. The monoisotopic (exact) mass is 302 g/mol. The van der Waals surface area contributed by atoms with Gasteiger partial charge in [-0.1, -0.05) is 38.1 Å². The Labute approximate surface area is 134 Å². The Hall–Kier alpha value is -1.35. The van der Waals surface area contributed by atoms with Crippen molar-refractivity contribution in [3.8, 4) is 0 Å². The first-order valence-electron chi connectivity index (χ1n) is 8.66. The van der Waals surface area contributed by atoms with Crippen LogP contribution in [0.25, 0.3) is 0 Å². The number of nitrogens with two attached hydrogens (primary N) is 1. The molecule has 1 fully saturated rings. The van der Waals surface area contributed by atoms with Crippen LogP contribution in [0.3, 0.4) is 0 Å². The highest BCUT2D eigenvalue weighted by Gasteiger charge is 2.29. The second-order valence-corrected chi connectivity index (χ2v) is 6.71. The van der Waals surface area contributed by atoms with Gasteiger partial charge in [-0.05, 0) is 49.7 Å². The van der Waals surface area contributed by atoms with Gasteiger partial charge >= 0.3 is 0 Å². The van der Waals surface area contributed by atoms with Crippen LogP contribution < -0.4 is 5.73 Å². The Kier molecular flexibility index (Phi) is 6.01. The van der Waals surface area contributed by atoms with Crippen molar-refractivity contribution < 1.29 is 4.79 Å². The van der Waals surface area contributed by atoms with Crippen molar-refractivity contribution >= 4 is 5.91 Å². The normalized spacial score (nSPS) is 21.5. The second-order valence-electron chi connectivity index (χ2n) is 6.71. The number of hydrogen-bond acceptors (Lipinski definition) is 2. The summed E-state index contributed by atoms with van der Waals surface area (Å²) in [5.41, 5.74) is 8.67. The maximum absolute atomic E-state index is 12.7. The van der Waals surface area contributed by atoms with Gasteiger partial charge in [-0.15, -0.1) is 0 Å². The van der Waals surface area contributed by atoms with Crippen molar-refractivity contribution in [3.63, 3.8) is 0 Å². The average molecular weight is 302 g/mol. The summed E-state index contributed by atoms with van der Waals surface area (Å²) in [7, 11) is 0. The van der Waals surface area contributed by atoms with Crippen LogP contribution in [0.5, 0.6) is 0 Å². The van der Waals surface area contributed by atoms with E-state index in [0.29, 0.717) is 6.42 Å². The van der Waals surface area contributed by atoms with Crippen molar-refractivity contribution in [2.45, 2.75) is 70.9 Å². The highest BCUT2D eigenvalue weighted by molar-refractivity contribution is 5.77. The molecule has 0 aromatic heterocycles. The molecule has 0 aliphatic carbocycles. The first-order valence-corrected chi connectivity index (χ1v) is 8.66. The molecule has 22 heavy (non-hydrogen) atoms. The fourth-order valence-electron chi connectivity index (χ4n) is 3.39. The van der Waals surface area contributed by atoms with E-state index in [-0.39, 0.29) is 23.9 Å². The van der Waals surface area contributed by atoms with Crippen molar-refractivity contribution in [1.82, 2.24) is 4.90 Å². The molecule has 2 N–H and O–H groups in total.